The second-order valence-corrected chi connectivity index (χ2v) is 6.16. The number of carbonyl (C=O) groups is 2. The lowest BCUT2D eigenvalue weighted by molar-refractivity contribution is -0.118. The van der Waals surface area contributed by atoms with Crippen molar-refractivity contribution < 1.29 is 9.59 Å². The van der Waals surface area contributed by atoms with Gasteiger partial charge in [0.1, 0.15) is 6.04 Å². The van der Waals surface area contributed by atoms with Gasteiger partial charge in [-0.05, 0) is 53.9 Å². The lowest BCUT2D eigenvalue weighted by Gasteiger charge is -2.13. The Morgan fingerprint density at radius 2 is 2.00 bits per heavy atom. The molecule has 6 nitrogen and oxygen atoms in total. The highest BCUT2D eigenvalue weighted by molar-refractivity contribution is 5.98. The van der Waals surface area contributed by atoms with Gasteiger partial charge in [0.05, 0.1) is 11.6 Å². The quantitative estimate of drug-likeness (QED) is 0.774. The standard InChI is InChI=1S/C20H20N4O2/c1-2-9-22-19(25)14-4-6-16(7-5-14)24-20(26)18-17-8-3-13(11-21)10-15(17)12-23-18/h3-8,10,18,23H,2,9,12H2,1H3,(H,22,25)(H,24,26). The van der Waals surface area contributed by atoms with Crippen molar-refractivity contribution in [3.05, 3.63) is 64.7 Å². The molecule has 0 bridgehead atoms. The molecule has 0 aliphatic carbocycles. The minimum atomic E-state index is -0.453. The van der Waals surface area contributed by atoms with E-state index in [2.05, 4.69) is 22.0 Å². The molecule has 0 radical (unpaired) electrons. The van der Waals surface area contributed by atoms with Gasteiger partial charge in [-0.2, -0.15) is 5.26 Å². The fraction of sp³-hybridized carbons (Fsp3) is 0.250. The summed E-state index contributed by atoms with van der Waals surface area (Å²) in [5.74, 6) is -0.291. The second-order valence-electron chi connectivity index (χ2n) is 6.16. The molecule has 1 heterocycles. The van der Waals surface area contributed by atoms with Crippen LogP contribution < -0.4 is 16.0 Å². The van der Waals surface area contributed by atoms with Crippen LogP contribution in [0.2, 0.25) is 0 Å². The van der Waals surface area contributed by atoms with Gasteiger partial charge in [0.2, 0.25) is 5.91 Å². The van der Waals surface area contributed by atoms with Gasteiger partial charge in [-0.1, -0.05) is 13.0 Å². The third-order valence-corrected chi connectivity index (χ3v) is 4.29. The van der Waals surface area contributed by atoms with Crippen molar-refractivity contribution in [2.45, 2.75) is 25.9 Å². The van der Waals surface area contributed by atoms with E-state index in [0.717, 1.165) is 17.5 Å². The summed E-state index contributed by atoms with van der Waals surface area (Å²) in [6.07, 6.45) is 0.881. The lowest BCUT2D eigenvalue weighted by Crippen LogP contribution is -2.28. The number of carbonyl (C=O) groups excluding carboxylic acids is 2. The smallest absolute Gasteiger partial charge is 0.251 e. The molecule has 2 aromatic carbocycles. The second kappa shape index (κ2) is 7.81. The number of benzene rings is 2. The zero-order valence-electron chi connectivity index (χ0n) is 14.5. The van der Waals surface area contributed by atoms with Gasteiger partial charge >= 0.3 is 0 Å². The average Bonchev–Trinajstić information content (AvgIpc) is 3.09. The van der Waals surface area contributed by atoms with Crippen LogP contribution in [0, 0.1) is 11.3 Å². The largest absolute Gasteiger partial charge is 0.352 e. The Bertz CT molecular complexity index is 868. The number of hydrogen-bond acceptors (Lipinski definition) is 4. The maximum absolute atomic E-state index is 12.6. The number of fused-ring (bicyclic) bond motifs is 1. The molecule has 3 N–H and O–H groups in total. The van der Waals surface area contributed by atoms with Crippen LogP contribution in [0.1, 0.15) is 46.4 Å². The van der Waals surface area contributed by atoms with Crippen LogP contribution in [-0.2, 0) is 11.3 Å². The summed E-state index contributed by atoms with van der Waals surface area (Å²) in [6, 6.07) is 13.8. The van der Waals surface area contributed by atoms with Crippen molar-refractivity contribution in [3.63, 3.8) is 0 Å². The highest BCUT2D eigenvalue weighted by Crippen LogP contribution is 2.27. The molecule has 26 heavy (non-hydrogen) atoms. The first-order valence-electron chi connectivity index (χ1n) is 8.58. The predicted octanol–water partition coefficient (Wildman–Crippen LogP) is 2.48. The number of anilines is 1. The van der Waals surface area contributed by atoms with Crippen molar-refractivity contribution in [2.24, 2.45) is 0 Å². The summed E-state index contributed by atoms with van der Waals surface area (Å²) in [5, 5.41) is 17.8. The van der Waals surface area contributed by atoms with E-state index >= 15 is 0 Å². The summed E-state index contributed by atoms with van der Waals surface area (Å²) in [4.78, 5) is 24.5. The summed E-state index contributed by atoms with van der Waals surface area (Å²) < 4.78 is 0. The third-order valence-electron chi connectivity index (χ3n) is 4.29. The molecule has 1 aliphatic heterocycles. The van der Waals surface area contributed by atoms with Crippen LogP contribution in [0.25, 0.3) is 0 Å². The Morgan fingerprint density at radius 1 is 1.23 bits per heavy atom. The number of nitriles is 1. The highest BCUT2D eigenvalue weighted by atomic mass is 16.2. The van der Waals surface area contributed by atoms with E-state index < -0.39 is 6.04 Å². The van der Waals surface area contributed by atoms with Crippen LogP contribution >= 0.6 is 0 Å². The molecule has 0 fully saturated rings. The third kappa shape index (κ3) is 3.73. The number of rotatable bonds is 5. The summed E-state index contributed by atoms with van der Waals surface area (Å²) in [5.41, 5.74) is 3.63. The molecule has 0 aromatic heterocycles. The molecule has 0 spiro atoms. The number of amides is 2. The van der Waals surface area contributed by atoms with Crippen LogP contribution in [0.3, 0.4) is 0 Å². The van der Waals surface area contributed by atoms with Gasteiger partial charge in [-0.15, -0.1) is 0 Å². The van der Waals surface area contributed by atoms with Crippen molar-refractivity contribution in [3.8, 4) is 6.07 Å². The van der Waals surface area contributed by atoms with E-state index in [0.29, 0.717) is 29.9 Å². The molecule has 1 atom stereocenters. The normalized spacial score (nSPS) is 15.0. The maximum atomic E-state index is 12.6. The van der Waals surface area contributed by atoms with Gasteiger partial charge in [0.15, 0.2) is 0 Å². The molecule has 3 rings (SSSR count). The fourth-order valence-corrected chi connectivity index (χ4v) is 2.93. The number of nitrogens with one attached hydrogen (secondary N) is 3. The lowest BCUT2D eigenvalue weighted by atomic mass is 10.0. The Morgan fingerprint density at radius 3 is 2.69 bits per heavy atom. The fourth-order valence-electron chi connectivity index (χ4n) is 2.93. The first-order valence-corrected chi connectivity index (χ1v) is 8.58. The van der Waals surface area contributed by atoms with Gasteiger partial charge in [-0.25, -0.2) is 0 Å². The Hall–Kier alpha value is -3.17. The van der Waals surface area contributed by atoms with Crippen LogP contribution in [0.5, 0.6) is 0 Å². The molecule has 1 unspecified atom stereocenters. The first-order chi connectivity index (χ1) is 12.6. The van der Waals surface area contributed by atoms with Crippen molar-refractivity contribution >= 4 is 17.5 Å². The van der Waals surface area contributed by atoms with Gasteiger partial charge < -0.3 is 10.6 Å². The van der Waals surface area contributed by atoms with E-state index in [1.165, 1.54) is 0 Å². The van der Waals surface area contributed by atoms with E-state index in [1.54, 1.807) is 36.4 Å². The molecule has 6 heteroatoms. The average molecular weight is 348 g/mol. The Balaban J connectivity index is 1.66. The first kappa shape index (κ1) is 17.6. The van der Waals surface area contributed by atoms with Gasteiger partial charge in [-0.3, -0.25) is 14.9 Å². The molecular formula is C20H20N4O2. The Labute approximate surface area is 152 Å². The monoisotopic (exact) mass is 348 g/mol. The summed E-state index contributed by atoms with van der Waals surface area (Å²) >= 11 is 0. The van der Waals surface area contributed by atoms with Gasteiger partial charge in [0, 0.05) is 24.3 Å². The zero-order valence-corrected chi connectivity index (χ0v) is 14.5. The van der Waals surface area contributed by atoms with Crippen LogP contribution in [0.4, 0.5) is 5.69 Å². The highest BCUT2D eigenvalue weighted by Gasteiger charge is 2.28. The van der Waals surface area contributed by atoms with Gasteiger partial charge in [0.25, 0.3) is 5.91 Å². The molecule has 2 amide bonds. The Kier molecular flexibility index (Phi) is 5.30. The number of nitrogens with zero attached hydrogens (tertiary/aromatic N) is 1. The molecule has 2 aromatic rings. The van der Waals surface area contributed by atoms with E-state index in [4.69, 9.17) is 5.26 Å². The molecule has 1 aliphatic rings. The van der Waals surface area contributed by atoms with E-state index in [1.807, 2.05) is 13.0 Å². The molecular weight excluding hydrogens is 328 g/mol. The number of hydrogen-bond donors (Lipinski definition) is 3. The maximum Gasteiger partial charge on any atom is 0.251 e. The molecule has 132 valence electrons. The summed E-state index contributed by atoms with van der Waals surface area (Å²) in [7, 11) is 0. The van der Waals surface area contributed by atoms with Crippen molar-refractivity contribution in [1.29, 1.82) is 5.26 Å². The minimum absolute atomic E-state index is 0.121. The van der Waals surface area contributed by atoms with Crippen LogP contribution in [-0.4, -0.2) is 18.4 Å². The van der Waals surface area contributed by atoms with Crippen LogP contribution in [0.15, 0.2) is 42.5 Å². The van der Waals surface area contributed by atoms with Crippen molar-refractivity contribution in [1.82, 2.24) is 10.6 Å². The topological polar surface area (TPSA) is 94.0 Å². The minimum Gasteiger partial charge on any atom is -0.352 e. The van der Waals surface area contributed by atoms with E-state index in [9.17, 15) is 9.59 Å². The van der Waals surface area contributed by atoms with Crippen molar-refractivity contribution in [2.75, 3.05) is 11.9 Å². The molecule has 0 saturated heterocycles. The SMILES string of the molecule is CCCNC(=O)c1ccc(NC(=O)C2NCc3cc(C#N)ccc32)cc1. The zero-order chi connectivity index (χ0) is 18.5. The predicted molar refractivity (Wildman–Crippen MR) is 98.4 cm³/mol. The molecule has 0 saturated carbocycles. The summed E-state index contributed by atoms with van der Waals surface area (Å²) in [6.45, 7) is 3.19. The van der Waals surface area contributed by atoms with E-state index in [-0.39, 0.29) is 11.8 Å².